The van der Waals surface area contributed by atoms with Crippen molar-refractivity contribution in [1.82, 2.24) is 0 Å². The van der Waals surface area contributed by atoms with E-state index in [1.807, 2.05) is 0 Å². The molecule has 0 aliphatic heterocycles. The zero-order valence-electron chi connectivity index (χ0n) is 10.9. The van der Waals surface area contributed by atoms with Gasteiger partial charge in [0.05, 0.1) is 0 Å². The van der Waals surface area contributed by atoms with Crippen LogP contribution in [0.25, 0.3) is 0 Å². The minimum absolute atomic E-state index is 0.873. The normalized spacial score (nSPS) is 45.2. The van der Waals surface area contributed by atoms with Crippen molar-refractivity contribution in [1.29, 1.82) is 0 Å². The van der Waals surface area contributed by atoms with Gasteiger partial charge >= 0.3 is 0 Å². The second-order valence-electron chi connectivity index (χ2n) is 6.15. The summed E-state index contributed by atoms with van der Waals surface area (Å²) in [5, 5.41) is 0. The first-order valence-corrected chi connectivity index (χ1v) is 6.43. The predicted molar refractivity (Wildman–Crippen MR) is 64.2 cm³/mol. The van der Waals surface area contributed by atoms with Crippen LogP contribution in [0.5, 0.6) is 0 Å². The Bertz CT molecular complexity index is 155. The lowest BCUT2D eigenvalue weighted by Crippen LogP contribution is -2.18. The molecule has 0 heterocycles. The van der Waals surface area contributed by atoms with Gasteiger partial charge in [-0.3, -0.25) is 0 Å². The molecule has 0 aromatic heterocycles. The minimum Gasteiger partial charge on any atom is -0.0625 e. The molecule has 0 radical (unpaired) electrons. The van der Waals surface area contributed by atoms with Gasteiger partial charge in [0, 0.05) is 0 Å². The van der Waals surface area contributed by atoms with Gasteiger partial charge in [0.2, 0.25) is 0 Å². The Morgan fingerprint density at radius 3 is 1.43 bits per heavy atom. The summed E-state index contributed by atoms with van der Waals surface area (Å²) in [5.41, 5.74) is 0. The molecule has 0 heteroatoms. The maximum atomic E-state index is 2.45. The lowest BCUT2D eigenvalue weighted by atomic mass is 9.80. The highest BCUT2D eigenvalue weighted by atomic mass is 14.4. The fraction of sp³-hybridized carbons (Fsp3) is 1.00. The lowest BCUT2D eigenvalue weighted by Gasteiger charge is -2.26. The molecule has 0 amide bonds. The van der Waals surface area contributed by atoms with Crippen molar-refractivity contribution in [2.24, 2.45) is 35.5 Å². The van der Waals surface area contributed by atoms with Gasteiger partial charge in [-0.2, -0.15) is 0 Å². The first-order valence-electron chi connectivity index (χ1n) is 6.43. The molecule has 0 bridgehead atoms. The molecule has 4 unspecified atom stereocenters. The molecule has 4 atom stereocenters. The average molecular weight is 196 g/mol. The van der Waals surface area contributed by atoms with Crippen molar-refractivity contribution in [2.45, 2.75) is 54.4 Å². The van der Waals surface area contributed by atoms with Crippen molar-refractivity contribution in [2.75, 3.05) is 0 Å². The van der Waals surface area contributed by atoms with Crippen molar-refractivity contribution < 1.29 is 0 Å². The summed E-state index contributed by atoms with van der Waals surface area (Å²) in [5.74, 6) is 5.50. The van der Waals surface area contributed by atoms with Crippen LogP contribution in [0.3, 0.4) is 0 Å². The van der Waals surface area contributed by atoms with E-state index in [-0.39, 0.29) is 0 Å². The van der Waals surface area contributed by atoms with E-state index < -0.39 is 0 Å². The molecule has 1 aliphatic carbocycles. The SMILES string of the molecule is CC(C)C1CC(C)C(C)C(C)C(C)C1. The van der Waals surface area contributed by atoms with Gasteiger partial charge < -0.3 is 0 Å². The highest BCUT2D eigenvalue weighted by molar-refractivity contribution is 4.82. The van der Waals surface area contributed by atoms with E-state index in [2.05, 4.69) is 41.5 Å². The Morgan fingerprint density at radius 1 is 0.786 bits per heavy atom. The van der Waals surface area contributed by atoms with Gasteiger partial charge in [0.1, 0.15) is 0 Å². The molecule has 1 fully saturated rings. The van der Waals surface area contributed by atoms with Gasteiger partial charge in [-0.05, 0) is 48.3 Å². The minimum atomic E-state index is 0.873. The van der Waals surface area contributed by atoms with E-state index in [0.717, 1.165) is 35.5 Å². The van der Waals surface area contributed by atoms with E-state index >= 15 is 0 Å². The van der Waals surface area contributed by atoms with Crippen molar-refractivity contribution in [3.05, 3.63) is 0 Å². The monoisotopic (exact) mass is 196 g/mol. The quantitative estimate of drug-likeness (QED) is 0.538. The largest absolute Gasteiger partial charge is 0.0625 e. The second kappa shape index (κ2) is 4.68. The Labute approximate surface area is 90.5 Å². The van der Waals surface area contributed by atoms with Crippen LogP contribution in [0.2, 0.25) is 0 Å². The highest BCUT2D eigenvalue weighted by Gasteiger charge is 2.32. The number of rotatable bonds is 1. The van der Waals surface area contributed by atoms with Gasteiger partial charge in [-0.25, -0.2) is 0 Å². The van der Waals surface area contributed by atoms with Crippen molar-refractivity contribution in [3.63, 3.8) is 0 Å². The molecule has 14 heavy (non-hydrogen) atoms. The van der Waals surface area contributed by atoms with Crippen LogP contribution in [0.15, 0.2) is 0 Å². The van der Waals surface area contributed by atoms with E-state index in [0.29, 0.717) is 0 Å². The maximum Gasteiger partial charge on any atom is -0.0386 e. The topological polar surface area (TPSA) is 0 Å². The Morgan fingerprint density at radius 2 is 1.14 bits per heavy atom. The third kappa shape index (κ3) is 2.52. The zero-order chi connectivity index (χ0) is 10.9. The van der Waals surface area contributed by atoms with Crippen LogP contribution < -0.4 is 0 Å². The fourth-order valence-electron chi connectivity index (χ4n) is 3.06. The molecular weight excluding hydrogens is 168 g/mol. The Kier molecular flexibility index (Phi) is 4.04. The average Bonchev–Trinajstić information content (AvgIpc) is 2.20. The Hall–Kier alpha value is 0. The summed E-state index contributed by atoms with van der Waals surface area (Å²) in [7, 11) is 0. The summed E-state index contributed by atoms with van der Waals surface area (Å²) in [6.07, 6.45) is 2.90. The highest BCUT2D eigenvalue weighted by Crippen LogP contribution is 2.41. The van der Waals surface area contributed by atoms with E-state index in [9.17, 15) is 0 Å². The third-order valence-corrected chi connectivity index (χ3v) is 4.92. The van der Waals surface area contributed by atoms with Crippen molar-refractivity contribution >= 4 is 0 Å². The van der Waals surface area contributed by atoms with E-state index in [1.54, 1.807) is 0 Å². The lowest BCUT2D eigenvalue weighted by molar-refractivity contribution is 0.235. The molecule has 0 aromatic rings. The predicted octanol–water partition coefficient (Wildman–Crippen LogP) is 4.60. The van der Waals surface area contributed by atoms with Gasteiger partial charge in [0.15, 0.2) is 0 Å². The molecule has 84 valence electrons. The summed E-state index contributed by atoms with van der Waals surface area (Å²) in [4.78, 5) is 0. The third-order valence-electron chi connectivity index (χ3n) is 4.92. The number of hydrogen-bond donors (Lipinski definition) is 0. The smallest absolute Gasteiger partial charge is 0.0386 e. The summed E-state index contributed by atoms with van der Waals surface area (Å²) in [6, 6.07) is 0. The molecule has 0 aromatic carbocycles. The van der Waals surface area contributed by atoms with Crippen LogP contribution in [-0.4, -0.2) is 0 Å². The van der Waals surface area contributed by atoms with Gasteiger partial charge in [0.25, 0.3) is 0 Å². The van der Waals surface area contributed by atoms with Crippen LogP contribution in [0.4, 0.5) is 0 Å². The van der Waals surface area contributed by atoms with E-state index in [4.69, 9.17) is 0 Å². The molecule has 0 saturated heterocycles. The van der Waals surface area contributed by atoms with Crippen molar-refractivity contribution in [3.8, 4) is 0 Å². The maximum absolute atomic E-state index is 2.45. The first kappa shape index (κ1) is 12.1. The molecule has 1 aliphatic rings. The summed E-state index contributed by atoms with van der Waals surface area (Å²) < 4.78 is 0. The second-order valence-corrected chi connectivity index (χ2v) is 6.15. The number of hydrogen-bond acceptors (Lipinski definition) is 0. The first-order chi connectivity index (χ1) is 6.43. The molecule has 1 rings (SSSR count). The zero-order valence-corrected chi connectivity index (χ0v) is 10.9. The van der Waals surface area contributed by atoms with Crippen LogP contribution in [-0.2, 0) is 0 Å². The van der Waals surface area contributed by atoms with Crippen LogP contribution in [0.1, 0.15) is 54.4 Å². The molecular formula is C14H28. The molecule has 0 nitrogen and oxygen atoms in total. The van der Waals surface area contributed by atoms with Crippen LogP contribution >= 0.6 is 0 Å². The summed E-state index contributed by atoms with van der Waals surface area (Å²) in [6.45, 7) is 14.6. The standard InChI is InChI=1S/C14H28/c1-9(2)14-7-10(3)12(5)13(6)11(4)8-14/h9-14H,7-8H2,1-6H3. The molecule has 0 spiro atoms. The Balaban J connectivity index is 2.72. The molecule has 0 N–H and O–H groups in total. The van der Waals surface area contributed by atoms with Crippen LogP contribution in [0, 0.1) is 35.5 Å². The van der Waals surface area contributed by atoms with Gasteiger partial charge in [-0.1, -0.05) is 41.5 Å². The summed E-state index contributed by atoms with van der Waals surface area (Å²) >= 11 is 0. The molecule has 1 saturated carbocycles. The fourth-order valence-corrected chi connectivity index (χ4v) is 3.06. The van der Waals surface area contributed by atoms with Gasteiger partial charge in [-0.15, -0.1) is 0 Å². The van der Waals surface area contributed by atoms with E-state index in [1.165, 1.54) is 12.8 Å².